The van der Waals surface area contributed by atoms with Gasteiger partial charge in [-0.25, -0.2) is 4.79 Å². The van der Waals surface area contributed by atoms with Crippen LogP contribution in [0.2, 0.25) is 0 Å². The fraction of sp³-hybridized carbons (Fsp3) is 0.188. The summed E-state index contributed by atoms with van der Waals surface area (Å²) in [4.78, 5) is 37.4. The first kappa shape index (κ1) is 14.1. The molecule has 2 heterocycles. The first-order valence-corrected chi connectivity index (χ1v) is 6.79. The molecule has 3 rings (SSSR count). The van der Waals surface area contributed by atoms with Crippen molar-refractivity contribution in [1.29, 1.82) is 0 Å². The van der Waals surface area contributed by atoms with Crippen LogP contribution in [-0.4, -0.2) is 34.3 Å². The topological polar surface area (TPSA) is 68.6 Å². The lowest BCUT2D eigenvalue weighted by Gasteiger charge is -2.28. The second-order valence-electron chi connectivity index (χ2n) is 5.00. The number of ether oxygens (including phenoxy) is 1. The Hall–Kier alpha value is -2.89. The van der Waals surface area contributed by atoms with E-state index in [9.17, 15) is 14.4 Å². The predicted octanol–water partition coefficient (Wildman–Crippen LogP) is 1.38. The summed E-state index contributed by atoms with van der Waals surface area (Å²) in [6.45, 7) is 0.0811. The number of carbonyl (C=O) groups excluding carboxylic acids is 3. The molecule has 1 aromatic carbocycles. The maximum Gasteiger partial charge on any atom is 0.339 e. The van der Waals surface area contributed by atoms with Crippen LogP contribution in [0, 0.1) is 0 Å². The minimum Gasteiger partial charge on any atom is -0.459 e. The van der Waals surface area contributed by atoms with Crippen LogP contribution in [-0.2, 0) is 20.9 Å². The Morgan fingerprint density at radius 3 is 2.59 bits per heavy atom. The molecule has 1 unspecified atom stereocenters. The second kappa shape index (κ2) is 5.48. The Labute approximate surface area is 126 Å². The zero-order valence-corrected chi connectivity index (χ0v) is 11.9. The van der Waals surface area contributed by atoms with E-state index in [1.54, 1.807) is 12.1 Å². The molecule has 0 N–H and O–H groups in total. The highest BCUT2D eigenvalue weighted by atomic mass is 16.5. The quantitative estimate of drug-likeness (QED) is 0.488. The number of aromatic nitrogens is 1. The molecule has 0 aliphatic carbocycles. The number of amides is 2. The number of imide groups is 1. The van der Waals surface area contributed by atoms with E-state index < -0.39 is 23.8 Å². The maximum atomic E-state index is 12.3. The van der Waals surface area contributed by atoms with E-state index in [4.69, 9.17) is 4.74 Å². The summed E-state index contributed by atoms with van der Waals surface area (Å²) in [6.07, 6.45) is 1.53. The van der Waals surface area contributed by atoms with E-state index in [1.807, 2.05) is 30.3 Å². The van der Waals surface area contributed by atoms with Gasteiger partial charge in [-0.3, -0.25) is 14.5 Å². The number of benzene rings is 1. The van der Waals surface area contributed by atoms with E-state index in [2.05, 4.69) is 0 Å². The molecule has 0 fully saturated rings. The number of rotatable bonds is 3. The number of fused-ring (bicyclic) bond motifs is 1. The molecule has 6 heteroatoms. The van der Waals surface area contributed by atoms with Crippen LogP contribution in [0.15, 0.2) is 48.7 Å². The number of carbonyl (C=O) groups is 3. The molecule has 0 bridgehead atoms. The van der Waals surface area contributed by atoms with Crippen LogP contribution in [0.4, 0.5) is 0 Å². The summed E-state index contributed by atoms with van der Waals surface area (Å²) < 4.78 is 6.59. The van der Waals surface area contributed by atoms with Crippen molar-refractivity contribution in [2.45, 2.75) is 12.6 Å². The van der Waals surface area contributed by atoms with Crippen molar-refractivity contribution in [3.63, 3.8) is 0 Å². The average Bonchev–Trinajstić information content (AvgIpc) is 3.01. The summed E-state index contributed by atoms with van der Waals surface area (Å²) in [5, 5.41) is 0. The van der Waals surface area contributed by atoms with Gasteiger partial charge in [0.1, 0.15) is 12.3 Å². The first-order chi connectivity index (χ1) is 10.6. The van der Waals surface area contributed by atoms with Gasteiger partial charge in [0.2, 0.25) is 6.04 Å². The van der Waals surface area contributed by atoms with Gasteiger partial charge in [-0.05, 0) is 17.7 Å². The van der Waals surface area contributed by atoms with Crippen molar-refractivity contribution in [2.75, 3.05) is 7.05 Å². The minimum absolute atomic E-state index is 0.0811. The number of esters is 1. The number of likely N-dealkylation sites (N-methyl/N-ethyl adjacent to an activating group) is 1. The lowest BCUT2D eigenvalue weighted by atomic mass is 10.1. The van der Waals surface area contributed by atoms with Crippen LogP contribution in [0.25, 0.3) is 0 Å². The van der Waals surface area contributed by atoms with Crippen molar-refractivity contribution >= 4 is 17.8 Å². The normalized spacial score (nSPS) is 17.3. The lowest BCUT2D eigenvalue weighted by Crippen LogP contribution is -2.48. The molecule has 6 nitrogen and oxygen atoms in total. The molecule has 112 valence electrons. The molecule has 0 spiro atoms. The van der Waals surface area contributed by atoms with Gasteiger partial charge in [-0.15, -0.1) is 0 Å². The molecule has 22 heavy (non-hydrogen) atoms. The zero-order valence-electron chi connectivity index (χ0n) is 11.9. The summed E-state index contributed by atoms with van der Waals surface area (Å²) in [7, 11) is 1.36. The molecular weight excluding hydrogens is 284 g/mol. The predicted molar refractivity (Wildman–Crippen MR) is 76.8 cm³/mol. The molecule has 1 aliphatic heterocycles. The molecule has 2 aromatic rings. The summed E-state index contributed by atoms with van der Waals surface area (Å²) in [5.41, 5.74) is 1.13. The maximum absolute atomic E-state index is 12.3. The molecule has 1 atom stereocenters. The van der Waals surface area contributed by atoms with Crippen molar-refractivity contribution in [3.8, 4) is 0 Å². The Balaban J connectivity index is 1.81. The molecule has 0 radical (unpaired) electrons. The third-order valence-corrected chi connectivity index (χ3v) is 3.59. The molecule has 0 saturated heterocycles. The standard InChI is InChI=1S/C16H14N2O4/c1-17-14(19)12-8-5-9-18(12)13(15(17)20)16(21)22-10-11-6-3-2-4-7-11/h2-9,13H,10H2,1H3. The van der Waals surface area contributed by atoms with Gasteiger partial charge in [0.25, 0.3) is 11.8 Å². The minimum atomic E-state index is -1.16. The van der Waals surface area contributed by atoms with Crippen LogP contribution in [0.3, 0.4) is 0 Å². The highest BCUT2D eigenvalue weighted by molar-refractivity contribution is 6.13. The van der Waals surface area contributed by atoms with Gasteiger partial charge in [-0.2, -0.15) is 0 Å². The fourth-order valence-electron chi connectivity index (χ4n) is 2.40. The number of hydrogen-bond donors (Lipinski definition) is 0. The molecule has 0 saturated carbocycles. The van der Waals surface area contributed by atoms with Gasteiger partial charge in [0.05, 0.1) is 0 Å². The van der Waals surface area contributed by atoms with Crippen LogP contribution in [0.1, 0.15) is 22.1 Å². The van der Waals surface area contributed by atoms with Gasteiger partial charge in [0.15, 0.2) is 0 Å². The van der Waals surface area contributed by atoms with Crippen LogP contribution >= 0.6 is 0 Å². The molecular formula is C16H14N2O4. The summed E-state index contributed by atoms with van der Waals surface area (Å²) in [6, 6.07) is 11.2. The van der Waals surface area contributed by atoms with Crippen molar-refractivity contribution in [1.82, 2.24) is 9.47 Å². The number of nitrogens with zero attached hydrogens (tertiary/aromatic N) is 2. The van der Waals surface area contributed by atoms with Crippen LogP contribution < -0.4 is 0 Å². The second-order valence-corrected chi connectivity index (χ2v) is 5.00. The van der Waals surface area contributed by atoms with Crippen LogP contribution in [0.5, 0.6) is 0 Å². The Bertz CT molecular complexity index is 736. The third-order valence-electron chi connectivity index (χ3n) is 3.59. The third kappa shape index (κ3) is 2.28. The first-order valence-electron chi connectivity index (χ1n) is 6.79. The van der Waals surface area contributed by atoms with E-state index >= 15 is 0 Å². The summed E-state index contributed by atoms with van der Waals surface area (Å²) >= 11 is 0. The Kier molecular flexibility index (Phi) is 3.50. The van der Waals surface area contributed by atoms with E-state index in [1.165, 1.54) is 17.8 Å². The molecule has 1 aliphatic rings. The highest BCUT2D eigenvalue weighted by Crippen LogP contribution is 2.23. The van der Waals surface area contributed by atoms with E-state index in [-0.39, 0.29) is 6.61 Å². The Morgan fingerprint density at radius 2 is 1.86 bits per heavy atom. The van der Waals surface area contributed by atoms with E-state index in [0.29, 0.717) is 5.69 Å². The van der Waals surface area contributed by atoms with Gasteiger partial charge >= 0.3 is 5.97 Å². The van der Waals surface area contributed by atoms with E-state index in [0.717, 1.165) is 10.5 Å². The van der Waals surface area contributed by atoms with Crippen molar-refractivity contribution < 1.29 is 19.1 Å². The van der Waals surface area contributed by atoms with Gasteiger partial charge in [-0.1, -0.05) is 30.3 Å². The van der Waals surface area contributed by atoms with Gasteiger partial charge in [0, 0.05) is 13.2 Å². The molecule has 1 aromatic heterocycles. The van der Waals surface area contributed by atoms with Gasteiger partial charge < -0.3 is 9.30 Å². The number of hydrogen-bond acceptors (Lipinski definition) is 4. The Morgan fingerprint density at radius 1 is 1.14 bits per heavy atom. The summed E-state index contributed by atoms with van der Waals surface area (Å²) in [5.74, 6) is -1.69. The lowest BCUT2D eigenvalue weighted by molar-refractivity contribution is -0.155. The zero-order chi connectivity index (χ0) is 15.7. The molecule has 2 amide bonds. The average molecular weight is 298 g/mol. The highest BCUT2D eigenvalue weighted by Gasteiger charge is 2.41. The van der Waals surface area contributed by atoms with Crippen molar-refractivity contribution in [2.24, 2.45) is 0 Å². The largest absolute Gasteiger partial charge is 0.459 e. The smallest absolute Gasteiger partial charge is 0.339 e. The fourth-order valence-corrected chi connectivity index (χ4v) is 2.40. The van der Waals surface area contributed by atoms with Crippen molar-refractivity contribution in [3.05, 3.63) is 59.9 Å². The monoisotopic (exact) mass is 298 g/mol. The SMILES string of the molecule is CN1C(=O)c2cccn2C(C(=O)OCc2ccccc2)C1=O.